The molecule has 3 N–H and O–H groups in total. The summed E-state index contributed by atoms with van der Waals surface area (Å²) in [5.41, 5.74) is 2.49. The molecule has 0 saturated carbocycles. The van der Waals surface area contributed by atoms with Crippen molar-refractivity contribution in [2.75, 3.05) is 6.61 Å². The summed E-state index contributed by atoms with van der Waals surface area (Å²) in [7, 11) is 1.75. The van der Waals surface area contributed by atoms with Gasteiger partial charge in [0.25, 0.3) is 5.91 Å². The number of carbonyl (C=O) groups is 2. The quantitative estimate of drug-likeness (QED) is 0.495. The number of nitrogens with zero attached hydrogens (tertiary/aromatic N) is 1. The number of nitrogens with one attached hydrogen (secondary N) is 1. The number of aliphatic hydroxyl groups excluding tert-OH is 1. The summed E-state index contributed by atoms with van der Waals surface area (Å²) in [5, 5.41) is 23.4. The number of fused-ring (bicyclic) bond motifs is 1. The lowest BCUT2D eigenvalue weighted by atomic mass is 9.94. The molecule has 30 heavy (non-hydrogen) atoms. The van der Waals surface area contributed by atoms with Crippen molar-refractivity contribution in [3.63, 3.8) is 0 Å². The van der Waals surface area contributed by atoms with Crippen LogP contribution in [-0.4, -0.2) is 33.3 Å². The number of aryl methyl sites for hydroxylation is 1. The molecule has 0 bridgehead atoms. The number of carboxylic acids is 1. The zero-order valence-corrected chi connectivity index (χ0v) is 18.0. The van der Waals surface area contributed by atoms with Crippen LogP contribution in [0.1, 0.15) is 46.9 Å². The average Bonchev–Trinajstić information content (AvgIpc) is 3.07. The maximum Gasteiger partial charge on any atom is 0.310 e. The van der Waals surface area contributed by atoms with Crippen molar-refractivity contribution in [2.45, 2.75) is 25.3 Å². The largest absolute Gasteiger partial charge is 0.481 e. The number of amides is 1. The summed E-state index contributed by atoms with van der Waals surface area (Å²) in [6.45, 7) is 1.50. The van der Waals surface area contributed by atoms with Crippen LogP contribution in [0.2, 0.25) is 10.0 Å². The van der Waals surface area contributed by atoms with Gasteiger partial charge in [-0.2, -0.15) is 0 Å². The molecule has 0 aliphatic heterocycles. The Kier molecular flexibility index (Phi) is 6.71. The Bertz CT molecular complexity index is 1090. The molecular formula is C22H22Cl2N2O4. The van der Waals surface area contributed by atoms with Crippen LogP contribution in [0.3, 0.4) is 0 Å². The van der Waals surface area contributed by atoms with E-state index in [-0.39, 0.29) is 12.5 Å². The molecule has 8 heteroatoms. The molecule has 0 fully saturated rings. The minimum Gasteiger partial charge on any atom is -0.481 e. The predicted molar refractivity (Wildman–Crippen MR) is 117 cm³/mol. The Morgan fingerprint density at radius 1 is 1.10 bits per heavy atom. The summed E-state index contributed by atoms with van der Waals surface area (Å²) in [6, 6.07) is 11.3. The minimum atomic E-state index is -0.883. The summed E-state index contributed by atoms with van der Waals surface area (Å²) < 4.78 is 1.71. The number of aromatic nitrogens is 1. The van der Waals surface area contributed by atoms with Gasteiger partial charge in [-0.25, -0.2) is 0 Å². The predicted octanol–water partition coefficient (Wildman–Crippen LogP) is 4.53. The number of aliphatic hydroxyl groups is 1. The van der Waals surface area contributed by atoms with E-state index < -0.39 is 17.9 Å². The highest BCUT2D eigenvalue weighted by Gasteiger charge is 2.21. The first-order valence-electron chi connectivity index (χ1n) is 9.46. The number of rotatable bonds is 7. The van der Waals surface area contributed by atoms with Gasteiger partial charge < -0.3 is 20.1 Å². The lowest BCUT2D eigenvalue weighted by Crippen LogP contribution is -2.32. The van der Waals surface area contributed by atoms with Gasteiger partial charge in [0.05, 0.1) is 28.6 Å². The summed E-state index contributed by atoms with van der Waals surface area (Å²) in [5.74, 6) is -1.85. The number of hydrogen-bond acceptors (Lipinski definition) is 3. The fourth-order valence-electron chi connectivity index (χ4n) is 3.55. The number of benzene rings is 2. The van der Waals surface area contributed by atoms with E-state index in [1.165, 1.54) is 0 Å². The molecule has 0 aliphatic carbocycles. The van der Waals surface area contributed by atoms with Crippen LogP contribution >= 0.6 is 23.2 Å². The Labute approximate surface area is 184 Å². The van der Waals surface area contributed by atoms with E-state index in [1.807, 2.05) is 6.92 Å². The molecule has 0 radical (unpaired) electrons. The van der Waals surface area contributed by atoms with Crippen LogP contribution in [-0.2, 0) is 11.8 Å². The number of halogens is 2. The second kappa shape index (κ2) is 9.08. The van der Waals surface area contributed by atoms with Gasteiger partial charge in [-0.05, 0) is 35.7 Å². The van der Waals surface area contributed by atoms with E-state index in [4.69, 9.17) is 23.2 Å². The molecule has 1 unspecified atom stereocenters. The maximum atomic E-state index is 12.9. The molecule has 1 aromatic heterocycles. The maximum absolute atomic E-state index is 12.9. The minimum absolute atomic E-state index is 0.308. The zero-order valence-electron chi connectivity index (χ0n) is 16.5. The average molecular weight is 449 g/mol. The lowest BCUT2D eigenvalue weighted by molar-refractivity contribution is -0.138. The van der Waals surface area contributed by atoms with Gasteiger partial charge in [0, 0.05) is 18.0 Å². The van der Waals surface area contributed by atoms with E-state index in [1.54, 1.807) is 54.1 Å². The third-order valence-corrected chi connectivity index (χ3v) is 6.10. The summed E-state index contributed by atoms with van der Waals surface area (Å²) >= 11 is 12.3. The normalized spacial score (nSPS) is 13.2. The monoisotopic (exact) mass is 448 g/mol. The molecule has 2 atom stereocenters. The van der Waals surface area contributed by atoms with Crippen molar-refractivity contribution in [2.24, 2.45) is 7.05 Å². The van der Waals surface area contributed by atoms with Crippen molar-refractivity contribution >= 4 is 46.0 Å². The highest BCUT2D eigenvalue weighted by atomic mass is 35.5. The van der Waals surface area contributed by atoms with Crippen molar-refractivity contribution < 1.29 is 19.8 Å². The second-order valence-electron chi connectivity index (χ2n) is 7.06. The van der Waals surface area contributed by atoms with Crippen LogP contribution in [0.4, 0.5) is 0 Å². The molecular weight excluding hydrogens is 427 g/mol. The molecule has 3 aromatic rings. The Hall–Kier alpha value is -2.54. The SMILES string of the molecule is CCC(C(=O)O)c1ccc([C@@H](CO)NC(=O)c2cc3c(Cl)c(Cl)ccc3n2C)cc1. The third kappa shape index (κ3) is 4.17. The number of carboxylic acid groups (broad SMARTS) is 1. The molecule has 0 saturated heterocycles. The van der Waals surface area contributed by atoms with Gasteiger partial charge in [0.1, 0.15) is 5.69 Å². The molecule has 1 heterocycles. The first-order valence-corrected chi connectivity index (χ1v) is 10.2. The van der Waals surface area contributed by atoms with Crippen molar-refractivity contribution in [3.8, 4) is 0 Å². The topological polar surface area (TPSA) is 91.6 Å². The molecule has 0 spiro atoms. The van der Waals surface area contributed by atoms with Crippen LogP contribution in [0, 0.1) is 0 Å². The van der Waals surface area contributed by atoms with Gasteiger partial charge in [0.15, 0.2) is 0 Å². The third-order valence-electron chi connectivity index (χ3n) is 5.28. The van der Waals surface area contributed by atoms with E-state index in [0.29, 0.717) is 38.7 Å². The fraction of sp³-hybridized carbons (Fsp3) is 0.273. The van der Waals surface area contributed by atoms with Crippen molar-refractivity contribution in [3.05, 3.63) is 69.3 Å². The van der Waals surface area contributed by atoms with E-state index in [2.05, 4.69) is 5.32 Å². The fourth-order valence-corrected chi connectivity index (χ4v) is 3.93. The van der Waals surface area contributed by atoms with E-state index >= 15 is 0 Å². The van der Waals surface area contributed by atoms with Gasteiger partial charge >= 0.3 is 5.97 Å². The zero-order chi connectivity index (χ0) is 22.0. The molecule has 0 aliphatic rings. The molecule has 3 rings (SSSR count). The Morgan fingerprint density at radius 2 is 1.73 bits per heavy atom. The molecule has 158 valence electrons. The highest BCUT2D eigenvalue weighted by Crippen LogP contribution is 2.32. The van der Waals surface area contributed by atoms with E-state index in [9.17, 15) is 19.8 Å². The van der Waals surface area contributed by atoms with Crippen LogP contribution in [0.5, 0.6) is 0 Å². The number of carbonyl (C=O) groups excluding carboxylic acids is 1. The smallest absolute Gasteiger partial charge is 0.310 e. The lowest BCUT2D eigenvalue weighted by Gasteiger charge is -2.18. The standard InChI is InChI=1S/C22H22Cl2N2O4/c1-3-14(22(29)30)12-4-6-13(7-5-12)17(11-27)25-21(28)19-10-15-18(26(19)2)9-8-16(23)20(15)24/h4-10,14,17,27H,3,11H2,1-2H3,(H,25,28)(H,29,30)/t14?,17-/m1/s1. The molecule has 6 nitrogen and oxygen atoms in total. The first kappa shape index (κ1) is 22.2. The van der Waals surface area contributed by atoms with Crippen LogP contribution in [0.25, 0.3) is 10.9 Å². The van der Waals surface area contributed by atoms with Crippen LogP contribution < -0.4 is 5.32 Å². The van der Waals surface area contributed by atoms with Gasteiger partial charge in [-0.3, -0.25) is 9.59 Å². The van der Waals surface area contributed by atoms with Crippen molar-refractivity contribution in [1.29, 1.82) is 0 Å². The number of hydrogen-bond donors (Lipinski definition) is 3. The van der Waals surface area contributed by atoms with Crippen molar-refractivity contribution in [1.82, 2.24) is 9.88 Å². The van der Waals surface area contributed by atoms with Gasteiger partial charge in [-0.1, -0.05) is 54.4 Å². The Balaban J connectivity index is 1.85. The summed E-state index contributed by atoms with van der Waals surface area (Å²) in [6.07, 6.45) is 0.475. The van der Waals surface area contributed by atoms with E-state index in [0.717, 1.165) is 5.52 Å². The van der Waals surface area contributed by atoms with Gasteiger partial charge in [0.2, 0.25) is 0 Å². The first-order chi connectivity index (χ1) is 14.3. The highest BCUT2D eigenvalue weighted by molar-refractivity contribution is 6.45. The summed E-state index contributed by atoms with van der Waals surface area (Å²) in [4.78, 5) is 24.2. The molecule has 1 amide bonds. The second-order valence-corrected chi connectivity index (χ2v) is 7.84. The molecule has 2 aromatic carbocycles. The van der Waals surface area contributed by atoms with Crippen LogP contribution in [0.15, 0.2) is 42.5 Å². The Morgan fingerprint density at radius 3 is 2.30 bits per heavy atom. The van der Waals surface area contributed by atoms with Gasteiger partial charge in [-0.15, -0.1) is 0 Å². The number of aliphatic carboxylic acids is 1.